The van der Waals surface area contributed by atoms with Crippen LogP contribution in [0.3, 0.4) is 0 Å². The summed E-state index contributed by atoms with van der Waals surface area (Å²) >= 11 is 0. The molecule has 5 heteroatoms. The molecule has 0 fully saturated rings. The molecule has 0 aromatic carbocycles. The molecule has 0 saturated carbocycles. The Balaban J connectivity index is 2.07. The van der Waals surface area contributed by atoms with Gasteiger partial charge in [-0.3, -0.25) is 0 Å². The van der Waals surface area contributed by atoms with Crippen molar-refractivity contribution in [3.05, 3.63) is 42.9 Å². The number of fused-ring (bicyclic) bond motifs is 1. The molecule has 0 unspecified atom stereocenters. The van der Waals surface area contributed by atoms with Crippen molar-refractivity contribution in [1.82, 2.24) is 14.4 Å². The van der Waals surface area contributed by atoms with Gasteiger partial charge in [0.1, 0.15) is 11.4 Å². The summed E-state index contributed by atoms with van der Waals surface area (Å²) in [7, 11) is 1.58. The van der Waals surface area contributed by atoms with Gasteiger partial charge < -0.3 is 14.2 Å². The van der Waals surface area contributed by atoms with E-state index >= 15 is 0 Å². The van der Waals surface area contributed by atoms with E-state index in [-0.39, 0.29) is 5.75 Å². The van der Waals surface area contributed by atoms with Gasteiger partial charge in [-0.1, -0.05) is 0 Å². The first-order chi connectivity index (χ1) is 8.76. The van der Waals surface area contributed by atoms with E-state index in [1.54, 1.807) is 42.1 Å². The minimum atomic E-state index is 0.208. The summed E-state index contributed by atoms with van der Waals surface area (Å²) in [6.07, 6.45) is 5.17. The van der Waals surface area contributed by atoms with Crippen molar-refractivity contribution in [3.8, 4) is 22.9 Å². The summed E-state index contributed by atoms with van der Waals surface area (Å²) in [5.41, 5.74) is 2.48. The van der Waals surface area contributed by atoms with Crippen LogP contribution in [0.5, 0.6) is 11.6 Å². The second kappa shape index (κ2) is 4.03. The van der Waals surface area contributed by atoms with E-state index < -0.39 is 0 Å². The predicted molar refractivity (Wildman–Crippen MR) is 66.6 cm³/mol. The molecule has 0 aliphatic heterocycles. The molecule has 0 radical (unpaired) electrons. The maximum atomic E-state index is 9.40. The van der Waals surface area contributed by atoms with E-state index in [1.807, 2.05) is 12.3 Å². The Hall–Kier alpha value is -2.56. The van der Waals surface area contributed by atoms with E-state index in [2.05, 4.69) is 9.97 Å². The van der Waals surface area contributed by atoms with Gasteiger partial charge in [0.15, 0.2) is 0 Å². The molecule has 3 heterocycles. The molecule has 0 amide bonds. The molecule has 3 aromatic rings. The van der Waals surface area contributed by atoms with Gasteiger partial charge in [0, 0.05) is 24.0 Å². The molecule has 1 N–H and O–H groups in total. The Morgan fingerprint density at radius 3 is 2.78 bits per heavy atom. The van der Waals surface area contributed by atoms with Crippen LogP contribution in [0.1, 0.15) is 0 Å². The Bertz CT molecular complexity index is 689. The minimum Gasteiger partial charge on any atom is -0.506 e. The lowest BCUT2D eigenvalue weighted by Crippen LogP contribution is -1.87. The van der Waals surface area contributed by atoms with Crippen molar-refractivity contribution in [3.63, 3.8) is 0 Å². The first kappa shape index (κ1) is 10.6. The van der Waals surface area contributed by atoms with Gasteiger partial charge in [-0.2, -0.15) is 0 Å². The second-order valence-electron chi connectivity index (χ2n) is 3.87. The number of pyridine rings is 2. The van der Waals surface area contributed by atoms with E-state index in [1.165, 1.54) is 0 Å². The Morgan fingerprint density at radius 1 is 1.17 bits per heavy atom. The number of ether oxygens (including phenoxy) is 1. The molecular formula is C13H11N3O2. The Labute approximate surface area is 103 Å². The molecule has 0 aliphatic rings. The van der Waals surface area contributed by atoms with Gasteiger partial charge in [0.05, 0.1) is 19.0 Å². The fraction of sp³-hybridized carbons (Fsp3) is 0.0769. The van der Waals surface area contributed by atoms with E-state index in [4.69, 9.17) is 4.74 Å². The molecular weight excluding hydrogens is 230 g/mol. The molecule has 3 aromatic heterocycles. The highest BCUT2D eigenvalue weighted by atomic mass is 16.5. The lowest BCUT2D eigenvalue weighted by molar-refractivity contribution is 0.398. The number of hydrogen-bond acceptors (Lipinski definition) is 4. The van der Waals surface area contributed by atoms with Gasteiger partial charge in [-0.15, -0.1) is 0 Å². The normalized spacial score (nSPS) is 10.7. The summed E-state index contributed by atoms with van der Waals surface area (Å²) in [5, 5.41) is 9.40. The number of aromatic hydroxyl groups is 1. The average Bonchev–Trinajstić information content (AvgIpc) is 2.81. The number of aromatic nitrogens is 3. The molecule has 3 rings (SSSR count). The predicted octanol–water partition coefficient (Wildman–Crippen LogP) is 2.11. The van der Waals surface area contributed by atoms with Crippen LogP contribution in [0.15, 0.2) is 42.9 Å². The third-order valence-corrected chi connectivity index (χ3v) is 2.68. The van der Waals surface area contributed by atoms with E-state index in [0.29, 0.717) is 5.88 Å². The monoisotopic (exact) mass is 241 g/mol. The first-order valence-corrected chi connectivity index (χ1v) is 5.44. The lowest BCUT2D eigenvalue weighted by atomic mass is 10.2. The number of rotatable bonds is 2. The standard InChI is InChI=1S/C13H11N3O2/c1-18-13-5-2-9(6-14-13)11-8-16-7-10(17)3-4-12(16)15-11/h2-8,17H,1H3. The van der Waals surface area contributed by atoms with Crippen LogP contribution in [0.2, 0.25) is 0 Å². The molecule has 90 valence electrons. The SMILES string of the molecule is COc1ccc(-c2cn3cc(O)ccc3n2)cn1. The van der Waals surface area contributed by atoms with E-state index in [0.717, 1.165) is 16.9 Å². The second-order valence-corrected chi connectivity index (χ2v) is 3.87. The van der Waals surface area contributed by atoms with Crippen LogP contribution in [-0.4, -0.2) is 26.6 Å². The van der Waals surface area contributed by atoms with Crippen molar-refractivity contribution >= 4 is 5.65 Å². The van der Waals surface area contributed by atoms with Crippen LogP contribution in [0.4, 0.5) is 0 Å². The van der Waals surface area contributed by atoms with Crippen molar-refractivity contribution in [2.45, 2.75) is 0 Å². The molecule has 5 nitrogen and oxygen atoms in total. The van der Waals surface area contributed by atoms with Gasteiger partial charge in [-0.05, 0) is 18.2 Å². The minimum absolute atomic E-state index is 0.208. The van der Waals surface area contributed by atoms with Gasteiger partial charge in [0.25, 0.3) is 0 Å². The quantitative estimate of drug-likeness (QED) is 0.746. The fourth-order valence-corrected chi connectivity index (χ4v) is 1.77. The average molecular weight is 241 g/mol. The van der Waals surface area contributed by atoms with E-state index in [9.17, 15) is 5.11 Å². The maximum absolute atomic E-state index is 9.40. The van der Waals surface area contributed by atoms with Crippen molar-refractivity contribution < 1.29 is 9.84 Å². The van der Waals surface area contributed by atoms with Gasteiger partial charge in [0.2, 0.25) is 5.88 Å². The molecule has 0 spiro atoms. The third-order valence-electron chi connectivity index (χ3n) is 2.68. The first-order valence-electron chi connectivity index (χ1n) is 5.44. The van der Waals surface area contributed by atoms with Gasteiger partial charge >= 0.3 is 0 Å². The summed E-state index contributed by atoms with van der Waals surface area (Å²) in [6.45, 7) is 0. The lowest BCUT2D eigenvalue weighted by Gasteiger charge is -1.98. The van der Waals surface area contributed by atoms with Crippen LogP contribution in [0.25, 0.3) is 16.9 Å². The van der Waals surface area contributed by atoms with Crippen LogP contribution in [0, 0.1) is 0 Å². The molecule has 0 bridgehead atoms. The van der Waals surface area contributed by atoms with Crippen molar-refractivity contribution in [2.75, 3.05) is 7.11 Å². The number of hydrogen-bond donors (Lipinski definition) is 1. The molecule has 0 atom stereocenters. The van der Waals surface area contributed by atoms with Gasteiger partial charge in [-0.25, -0.2) is 9.97 Å². The van der Waals surface area contributed by atoms with Crippen LogP contribution in [-0.2, 0) is 0 Å². The highest BCUT2D eigenvalue weighted by Gasteiger charge is 2.05. The molecule has 0 saturated heterocycles. The summed E-state index contributed by atoms with van der Waals surface area (Å²) in [6, 6.07) is 7.05. The topological polar surface area (TPSA) is 59.7 Å². The zero-order chi connectivity index (χ0) is 12.5. The highest BCUT2D eigenvalue weighted by molar-refractivity contribution is 5.62. The Morgan fingerprint density at radius 2 is 2.06 bits per heavy atom. The Kier molecular flexibility index (Phi) is 2.37. The largest absolute Gasteiger partial charge is 0.506 e. The third kappa shape index (κ3) is 1.75. The van der Waals surface area contributed by atoms with Crippen LogP contribution < -0.4 is 4.74 Å². The maximum Gasteiger partial charge on any atom is 0.212 e. The number of nitrogens with zero attached hydrogens (tertiary/aromatic N) is 3. The summed E-state index contributed by atoms with van der Waals surface area (Å²) in [4.78, 5) is 8.59. The van der Waals surface area contributed by atoms with Crippen molar-refractivity contribution in [2.24, 2.45) is 0 Å². The smallest absolute Gasteiger partial charge is 0.212 e. The molecule has 0 aliphatic carbocycles. The summed E-state index contributed by atoms with van der Waals surface area (Å²) < 4.78 is 6.78. The highest BCUT2D eigenvalue weighted by Crippen LogP contribution is 2.21. The molecule has 18 heavy (non-hydrogen) atoms. The van der Waals surface area contributed by atoms with Crippen LogP contribution >= 0.6 is 0 Å². The fourth-order valence-electron chi connectivity index (χ4n) is 1.77. The number of methoxy groups -OCH3 is 1. The number of imidazole rings is 1. The van der Waals surface area contributed by atoms with Crippen molar-refractivity contribution in [1.29, 1.82) is 0 Å². The zero-order valence-corrected chi connectivity index (χ0v) is 9.74. The summed E-state index contributed by atoms with van der Waals surface area (Å²) in [5.74, 6) is 0.777. The zero-order valence-electron chi connectivity index (χ0n) is 9.74.